The zero-order chi connectivity index (χ0) is 21.6. The molecule has 1 aliphatic heterocycles. The molecule has 2 aromatic carbocycles. The standard InChI is InChI=1S/C23H25FN4O3/c24-19-10-8-17(9-11-19)16-31-20-6-3-5-18(15-20)22(29)25-12-4-14-28-23(30)27-13-2-1-7-21(27)26-28/h3,5-6,8-11,15H,1-2,4,7,12-14,16H2,(H,25,29). The number of aromatic nitrogens is 3. The monoisotopic (exact) mass is 424 g/mol. The molecule has 0 spiro atoms. The second-order valence-electron chi connectivity index (χ2n) is 7.58. The summed E-state index contributed by atoms with van der Waals surface area (Å²) in [7, 11) is 0. The normalized spacial score (nSPS) is 12.9. The van der Waals surface area contributed by atoms with Crippen molar-refractivity contribution in [2.24, 2.45) is 0 Å². The van der Waals surface area contributed by atoms with Crippen molar-refractivity contribution in [1.29, 1.82) is 0 Å². The van der Waals surface area contributed by atoms with Crippen LogP contribution < -0.4 is 15.7 Å². The number of halogens is 1. The minimum atomic E-state index is -0.292. The summed E-state index contributed by atoms with van der Waals surface area (Å²) in [5.74, 6) is 0.924. The third-order valence-electron chi connectivity index (χ3n) is 5.28. The Morgan fingerprint density at radius 3 is 2.81 bits per heavy atom. The average molecular weight is 424 g/mol. The SMILES string of the molecule is O=C(NCCCn1nc2n(c1=O)CCCC2)c1cccc(OCc2ccc(F)cc2)c1. The lowest BCUT2D eigenvalue weighted by Crippen LogP contribution is -2.29. The third-order valence-corrected chi connectivity index (χ3v) is 5.28. The number of nitrogens with one attached hydrogen (secondary N) is 1. The van der Waals surface area contributed by atoms with E-state index >= 15 is 0 Å². The quantitative estimate of drug-likeness (QED) is 0.564. The average Bonchev–Trinajstić information content (AvgIpc) is 3.12. The molecule has 7 nitrogen and oxygen atoms in total. The lowest BCUT2D eigenvalue weighted by atomic mass is 10.2. The molecule has 0 bridgehead atoms. The van der Waals surface area contributed by atoms with Crippen molar-refractivity contribution in [3.05, 3.63) is 81.8 Å². The molecule has 1 aromatic heterocycles. The number of nitrogens with zero attached hydrogens (tertiary/aromatic N) is 3. The Bertz CT molecular complexity index is 1100. The van der Waals surface area contributed by atoms with E-state index in [1.165, 1.54) is 16.8 Å². The highest BCUT2D eigenvalue weighted by Gasteiger charge is 2.16. The molecule has 3 aromatic rings. The summed E-state index contributed by atoms with van der Waals surface area (Å²) in [6, 6.07) is 13.0. The number of hydrogen-bond acceptors (Lipinski definition) is 4. The summed E-state index contributed by atoms with van der Waals surface area (Å²) < 4.78 is 21.9. The van der Waals surface area contributed by atoms with Crippen molar-refractivity contribution in [2.45, 2.75) is 45.4 Å². The number of fused-ring (bicyclic) bond motifs is 1. The van der Waals surface area contributed by atoms with E-state index in [0.29, 0.717) is 30.8 Å². The van der Waals surface area contributed by atoms with Gasteiger partial charge in [-0.25, -0.2) is 13.9 Å². The molecule has 31 heavy (non-hydrogen) atoms. The van der Waals surface area contributed by atoms with Gasteiger partial charge in [-0.05, 0) is 55.2 Å². The van der Waals surface area contributed by atoms with Crippen LogP contribution in [0.15, 0.2) is 53.3 Å². The molecule has 1 aliphatic rings. The van der Waals surface area contributed by atoms with Gasteiger partial charge in [0.05, 0.1) is 0 Å². The van der Waals surface area contributed by atoms with E-state index in [-0.39, 0.29) is 24.0 Å². The summed E-state index contributed by atoms with van der Waals surface area (Å²) in [6.45, 7) is 1.94. The van der Waals surface area contributed by atoms with Gasteiger partial charge in [0.2, 0.25) is 0 Å². The fourth-order valence-electron chi connectivity index (χ4n) is 3.60. The van der Waals surface area contributed by atoms with E-state index in [2.05, 4.69) is 10.4 Å². The smallest absolute Gasteiger partial charge is 0.345 e. The van der Waals surface area contributed by atoms with E-state index in [1.54, 1.807) is 41.0 Å². The van der Waals surface area contributed by atoms with Gasteiger partial charge in [0.1, 0.15) is 24.0 Å². The maximum absolute atomic E-state index is 13.0. The second kappa shape index (κ2) is 9.59. The molecule has 1 amide bonds. The highest BCUT2D eigenvalue weighted by Crippen LogP contribution is 2.16. The van der Waals surface area contributed by atoms with E-state index in [4.69, 9.17) is 4.74 Å². The highest BCUT2D eigenvalue weighted by atomic mass is 19.1. The molecule has 0 aliphatic carbocycles. The van der Waals surface area contributed by atoms with Gasteiger partial charge in [-0.2, -0.15) is 5.10 Å². The van der Waals surface area contributed by atoms with Crippen LogP contribution in [0, 0.1) is 5.82 Å². The van der Waals surface area contributed by atoms with Gasteiger partial charge in [-0.15, -0.1) is 0 Å². The van der Waals surface area contributed by atoms with Crippen LogP contribution in [-0.2, 0) is 26.1 Å². The molecule has 0 saturated heterocycles. The number of rotatable bonds is 8. The zero-order valence-corrected chi connectivity index (χ0v) is 17.2. The van der Waals surface area contributed by atoms with Crippen molar-refractivity contribution < 1.29 is 13.9 Å². The fourth-order valence-corrected chi connectivity index (χ4v) is 3.60. The maximum Gasteiger partial charge on any atom is 0.345 e. The number of hydrogen-bond donors (Lipinski definition) is 1. The Balaban J connectivity index is 1.26. The van der Waals surface area contributed by atoms with Crippen molar-refractivity contribution >= 4 is 5.91 Å². The molecule has 1 N–H and O–H groups in total. The van der Waals surface area contributed by atoms with Crippen molar-refractivity contribution in [2.75, 3.05) is 6.54 Å². The van der Waals surface area contributed by atoms with Gasteiger partial charge in [-0.3, -0.25) is 9.36 Å². The second-order valence-corrected chi connectivity index (χ2v) is 7.58. The lowest BCUT2D eigenvalue weighted by Gasteiger charge is -2.09. The molecule has 0 unspecified atom stereocenters. The van der Waals surface area contributed by atoms with Crippen LogP contribution in [0.3, 0.4) is 0 Å². The first-order chi connectivity index (χ1) is 15.1. The predicted octanol–water partition coefficient (Wildman–Crippen LogP) is 2.92. The summed E-state index contributed by atoms with van der Waals surface area (Å²) >= 11 is 0. The Labute approximate surface area is 179 Å². The zero-order valence-electron chi connectivity index (χ0n) is 17.2. The van der Waals surface area contributed by atoms with E-state index in [9.17, 15) is 14.0 Å². The minimum absolute atomic E-state index is 0.0629. The Morgan fingerprint density at radius 2 is 2.00 bits per heavy atom. The first-order valence-corrected chi connectivity index (χ1v) is 10.5. The van der Waals surface area contributed by atoms with E-state index in [1.807, 2.05) is 0 Å². The van der Waals surface area contributed by atoms with Crippen LogP contribution in [0.5, 0.6) is 5.75 Å². The molecule has 162 valence electrons. The predicted molar refractivity (Wildman–Crippen MR) is 114 cm³/mol. The largest absolute Gasteiger partial charge is 0.489 e. The molecule has 0 saturated carbocycles. The van der Waals surface area contributed by atoms with Gasteiger partial charge in [0.25, 0.3) is 5.91 Å². The van der Waals surface area contributed by atoms with Gasteiger partial charge < -0.3 is 10.1 Å². The number of ether oxygens (including phenoxy) is 1. The molecule has 0 fully saturated rings. The minimum Gasteiger partial charge on any atom is -0.489 e. The van der Waals surface area contributed by atoms with Crippen molar-refractivity contribution in [3.8, 4) is 5.75 Å². The van der Waals surface area contributed by atoms with E-state index in [0.717, 1.165) is 37.2 Å². The molecule has 8 heteroatoms. The van der Waals surface area contributed by atoms with Crippen LogP contribution in [0.2, 0.25) is 0 Å². The number of aryl methyl sites for hydroxylation is 2. The van der Waals surface area contributed by atoms with Crippen LogP contribution in [0.1, 0.15) is 41.0 Å². The summed E-state index contributed by atoms with van der Waals surface area (Å²) in [6.07, 6.45) is 3.54. The van der Waals surface area contributed by atoms with Crippen LogP contribution in [-0.4, -0.2) is 26.8 Å². The third kappa shape index (κ3) is 5.20. The maximum atomic E-state index is 13.0. The van der Waals surface area contributed by atoms with Gasteiger partial charge in [0, 0.05) is 31.6 Å². The Morgan fingerprint density at radius 1 is 1.16 bits per heavy atom. The number of carbonyl (C=O) groups is 1. The number of amides is 1. The highest BCUT2D eigenvalue weighted by molar-refractivity contribution is 5.94. The van der Waals surface area contributed by atoms with Crippen LogP contribution >= 0.6 is 0 Å². The number of benzene rings is 2. The first-order valence-electron chi connectivity index (χ1n) is 10.5. The van der Waals surface area contributed by atoms with Crippen molar-refractivity contribution in [1.82, 2.24) is 19.7 Å². The Kier molecular flexibility index (Phi) is 6.45. The fraction of sp³-hybridized carbons (Fsp3) is 0.348. The lowest BCUT2D eigenvalue weighted by molar-refractivity contribution is 0.0952. The van der Waals surface area contributed by atoms with Gasteiger partial charge >= 0.3 is 5.69 Å². The molecule has 0 atom stereocenters. The van der Waals surface area contributed by atoms with Crippen LogP contribution in [0.25, 0.3) is 0 Å². The van der Waals surface area contributed by atoms with Gasteiger partial charge in [0.15, 0.2) is 0 Å². The van der Waals surface area contributed by atoms with Crippen molar-refractivity contribution in [3.63, 3.8) is 0 Å². The topological polar surface area (TPSA) is 78.2 Å². The number of carbonyl (C=O) groups excluding carboxylic acids is 1. The molecular formula is C23H25FN4O3. The van der Waals surface area contributed by atoms with E-state index < -0.39 is 0 Å². The van der Waals surface area contributed by atoms with Crippen LogP contribution in [0.4, 0.5) is 4.39 Å². The molecule has 2 heterocycles. The Hall–Kier alpha value is -3.42. The van der Waals surface area contributed by atoms with Gasteiger partial charge in [-0.1, -0.05) is 18.2 Å². The molecular weight excluding hydrogens is 399 g/mol. The molecule has 0 radical (unpaired) electrons. The summed E-state index contributed by atoms with van der Waals surface area (Å²) in [5, 5.41) is 7.28. The molecule has 4 rings (SSSR count). The summed E-state index contributed by atoms with van der Waals surface area (Å²) in [4.78, 5) is 24.8. The first kappa shape index (κ1) is 20.8. The summed E-state index contributed by atoms with van der Waals surface area (Å²) in [5.41, 5.74) is 1.27.